The van der Waals surface area contributed by atoms with E-state index in [-0.39, 0.29) is 0 Å². The molecule has 0 aliphatic heterocycles. The van der Waals surface area contributed by atoms with Gasteiger partial charge in [-0.15, -0.1) is 0 Å². The van der Waals surface area contributed by atoms with E-state index in [1.165, 1.54) is 0 Å². The number of rotatable bonds is 9. The highest BCUT2D eigenvalue weighted by Crippen LogP contribution is 2.26. The van der Waals surface area contributed by atoms with Gasteiger partial charge in [-0.25, -0.2) is 0 Å². The number of hydrogen-bond acceptors (Lipinski definition) is 5. The van der Waals surface area contributed by atoms with Crippen LogP contribution in [0.3, 0.4) is 0 Å². The van der Waals surface area contributed by atoms with Crippen LogP contribution < -0.4 is 19.9 Å². The van der Waals surface area contributed by atoms with E-state index in [2.05, 4.69) is 0 Å². The number of nitrogens with two attached hydrogens (primary N) is 1. The Bertz CT molecular complexity index is 755. The first-order valence-corrected chi connectivity index (χ1v) is 8.80. The molecule has 0 bridgehead atoms. The third kappa shape index (κ3) is 5.23. The van der Waals surface area contributed by atoms with Crippen molar-refractivity contribution in [2.75, 3.05) is 6.61 Å². The molecular weight excluding hydrogens is 342 g/mol. The van der Waals surface area contributed by atoms with Gasteiger partial charge in [0, 0.05) is 6.61 Å². The zero-order chi connectivity index (χ0) is 19.0. The van der Waals surface area contributed by atoms with Crippen LogP contribution in [-0.2, 0) is 4.74 Å². The van der Waals surface area contributed by atoms with Crippen molar-refractivity contribution in [3.63, 3.8) is 0 Å². The quantitative estimate of drug-likeness (QED) is 0.576. The normalized spacial score (nSPS) is 12.2. The fourth-order valence-corrected chi connectivity index (χ4v) is 2.47. The van der Waals surface area contributed by atoms with E-state index >= 15 is 0 Å². The standard InChI is InChI=1S/C22H23NO4/c1-2-24-21(25-18-12-6-3-7-13-18)22(23,26-19-14-8-4-9-15-19)27-20-16-10-5-11-17-20/h3-17,21H,2,23H2,1H3. The van der Waals surface area contributed by atoms with Crippen molar-refractivity contribution in [1.29, 1.82) is 0 Å². The zero-order valence-electron chi connectivity index (χ0n) is 15.2. The van der Waals surface area contributed by atoms with E-state index in [0.29, 0.717) is 23.9 Å². The first kappa shape index (κ1) is 18.8. The third-order valence-electron chi connectivity index (χ3n) is 3.67. The van der Waals surface area contributed by atoms with Crippen molar-refractivity contribution in [2.45, 2.75) is 19.1 Å². The van der Waals surface area contributed by atoms with E-state index in [1.807, 2.05) is 73.7 Å². The van der Waals surface area contributed by atoms with Gasteiger partial charge in [-0.3, -0.25) is 5.73 Å². The van der Waals surface area contributed by atoms with Crippen LogP contribution >= 0.6 is 0 Å². The molecule has 0 saturated heterocycles. The predicted molar refractivity (Wildman–Crippen MR) is 104 cm³/mol. The van der Waals surface area contributed by atoms with Crippen LogP contribution in [-0.4, -0.2) is 18.8 Å². The molecule has 0 fully saturated rings. The predicted octanol–water partition coefficient (Wildman–Crippen LogP) is 4.20. The van der Waals surface area contributed by atoms with Crippen LogP contribution in [0.5, 0.6) is 17.2 Å². The topological polar surface area (TPSA) is 62.9 Å². The molecule has 3 aromatic rings. The second kappa shape index (κ2) is 9.07. The van der Waals surface area contributed by atoms with Crippen LogP contribution in [0.2, 0.25) is 0 Å². The van der Waals surface area contributed by atoms with Gasteiger partial charge < -0.3 is 18.9 Å². The van der Waals surface area contributed by atoms with Crippen molar-refractivity contribution < 1.29 is 18.9 Å². The Balaban J connectivity index is 1.91. The third-order valence-corrected chi connectivity index (χ3v) is 3.67. The molecule has 0 aliphatic carbocycles. The smallest absolute Gasteiger partial charge is 0.376 e. The lowest BCUT2D eigenvalue weighted by molar-refractivity contribution is -0.262. The van der Waals surface area contributed by atoms with Gasteiger partial charge in [-0.05, 0) is 43.3 Å². The maximum Gasteiger partial charge on any atom is 0.376 e. The minimum absolute atomic E-state index is 0.368. The molecule has 1 unspecified atom stereocenters. The largest absolute Gasteiger partial charge is 0.455 e. The van der Waals surface area contributed by atoms with Gasteiger partial charge in [0.05, 0.1) is 0 Å². The molecule has 140 valence electrons. The Morgan fingerprint density at radius 2 is 1.11 bits per heavy atom. The summed E-state index contributed by atoms with van der Waals surface area (Å²) in [7, 11) is 0. The van der Waals surface area contributed by atoms with E-state index < -0.39 is 12.2 Å². The number of hydrogen-bond donors (Lipinski definition) is 1. The molecule has 3 aromatic carbocycles. The Hall–Kier alpha value is -3.02. The minimum Gasteiger partial charge on any atom is -0.455 e. The molecule has 5 heteroatoms. The van der Waals surface area contributed by atoms with Gasteiger partial charge in [0.15, 0.2) is 0 Å². The van der Waals surface area contributed by atoms with E-state index in [1.54, 1.807) is 24.3 Å². The van der Waals surface area contributed by atoms with Crippen molar-refractivity contribution in [1.82, 2.24) is 0 Å². The van der Waals surface area contributed by atoms with Gasteiger partial charge in [0.1, 0.15) is 17.2 Å². The van der Waals surface area contributed by atoms with Crippen LogP contribution in [0.1, 0.15) is 6.92 Å². The van der Waals surface area contributed by atoms with Crippen molar-refractivity contribution in [3.8, 4) is 17.2 Å². The summed E-state index contributed by atoms with van der Waals surface area (Å²) >= 11 is 0. The zero-order valence-corrected chi connectivity index (χ0v) is 15.2. The molecule has 0 aliphatic rings. The Kier molecular flexibility index (Phi) is 6.30. The second-order valence-electron chi connectivity index (χ2n) is 5.77. The molecule has 0 spiro atoms. The van der Waals surface area contributed by atoms with Crippen LogP contribution in [0.15, 0.2) is 91.0 Å². The molecule has 3 rings (SSSR count). The molecule has 0 radical (unpaired) electrons. The average Bonchev–Trinajstić information content (AvgIpc) is 2.70. The van der Waals surface area contributed by atoms with E-state index in [0.717, 1.165) is 0 Å². The van der Waals surface area contributed by atoms with Gasteiger partial charge in [0.2, 0.25) is 0 Å². The second-order valence-corrected chi connectivity index (χ2v) is 5.77. The fraction of sp³-hybridized carbons (Fsp3) is 0.182. The van der Waals surface area contributed by atoms with Crippen molar-refractivity contribution in [3.05, 3.63) is 91.0 Å². The highest BCUT2D eigenvalue weighted by Gasteiger charge is 2.44. The lowest BCUT2D eigenvalue weighted by atomic mass is 10.3. The van der Waals surface area contributed by atoms with E-state index in [4.69, 9.17) is 24.7 Å². The number of para-hydroxylation sites is 3. The first-order chi connectivity index (χ1) is 13.2. The summed E-state index contributed by atoms with van der Waals surface area (Å²) in [5, 5.41) is 0. The summed E-state index contributed by atoms with van der Waals surface area (Å²) in [5.41, 5.74) is 6.55. The Labute approximate surface area is 159 Å². The molecule has 0 saturated carbocycles. The summed E-state index contributed by atoms with van der Waals surface area (Å²) in [5.74, 6) is -0.0390. The maximum absolute atomic E-state index is 6.55. The number of ether oxygens (including phenoxy) is 4. The van der Waals surface area contributed by atoms with Crippen molar-refractivity contribution in [2.24, 2.45) is 5.73 Å². The lowest BCUT2D eigenvalue weighted by Crippen LogP contribution is -2.63. The lowest BCUT2D eigenvalue weighted by Gasteiger charge is -2.36. The minimum atomic E-state index is -1.71. The summed E-state index contributed by atoms with van der Waals surface area (Å²) in [4.78, 5) is 0. The summed E-state index contributed by atoms with van der Waals surface area (Å²) in [6, 6.07) is 27.6. The van der Waals surface area contributed by atoms with Gasteiger partial charge >= 0.3 is 5.91 Å². The maximum atomic E-state index is 6.55. The highest BCUT2D eigenvalue weighted by molar-refractivity contribution is 5.25. The van der Waals surface area contributed by atoms with Crippen molar-refractivity contribution >= 4 is 0 Å². The molecule has 0 aromatic heterocycles. The van der Waals surface area contributed by atoms with Crippen LogP contribution in [0.25, 0.3) is 0 Å². The van der Waals surface area contributed by atoms with Gasteiger partial charge in [0.25, 0.3) is 6.29 Å². The van der Waals surface area contributed by atoms with Gasteiger partial charge in [-0.1, -0.05) is 54.6 Å². The summed E-state index contributed by atoms with van der Waals surface area (Å²) < 4.78 is 23.7. The Morgan fingerprint density at radius 3 is 1.52 bits per heavy atom. The fourth-order valence-electron chi connectivity index (χ4n) is 2.47. The molecular formula is C22H23NO4. The molecule has 2 N–H and O–H groups in total. The average molecular weight is 365 g/mol. The van der Waals surface area contributed by atoms with Crippen LogP contribution in [0.4, 0.5) is 0 Å². The SMILES string of the molecule is CCOC(Oc1ccccc1)C(N)(Oc1ccccc1)Oc1ccccc1. The first-order valence-electron chi connectivity index (χ1n) is 8.80. The van der Waals surface area contributed by atoms with Crippen LogP contribution in [0, 0.1) is 0 Å². The highest BCUT2D eigenvalue weighted by atomic mass is 16.8. The van der Waals surface area contributed by atoms with Gasteiger partial charge in [-0.2, -0.15) is 0 Å². The summed E-state index contributed by atoms with van der Waals surface area (Å²) in [6.07, 6.45) is -1.01. The molecule has 1 atom stereocenters. The summed E-state index contributed by atoms with van der Waals surface area (Å²) in [6.45, 7) is 2.22. The molecule has 5 nitrogen and oxygen atoms in total. The van der Waals surface area contributed by atoms with E-state index in [9.17, 15) is 0 Å². The number of benzene rings is 3. The Morgan fingerprint density at radius 1 is 0.704 bits per heavy atom. The molecule has 0 heterocycles. The molecule has 0 amide bonds. The monoisotopic (exact) mass is 365 g/mol. The molecule has 27 heavy (non-hydrogen) atoms.